The molecule has 0 saturated carbocycles. The first-order valence-corrected chi connectivity index (χ1v) is 4.23. The maximum Gasteiger partial charge on any atom is 0.293 e. The molecule has 0 aliphatic carbocycles. The average molecular weight is 180 g/mol. The first-order chi connectivity index (χ1) is 6.38. The summed E-state index contributed by atoms with van der Waals surface area (Å²) in [5, 5.41) is 0. The van der Waals surface area contributed by atoms with E-state index < -0.39 is 0 Å². The van der Waals surface area contributed by atoms with E-state index in [0.717, 1.165) is 12.8 Å². The molecule has 0 bridgehead atoms. The lowest BCUT2D eigenvalue weighted by atomic mass is 10.1. The number of hydrogen-bond donors (Lipinski definition) is 0. The van der Waals surface area contributed by atoms with Gasteiger partial charge in [-0.1, -0.05) is 13.3 Å². The Bertz CT molecular complexity index is 251. The zero-order valence-corrected chi connectivity index (χ0v) is 7.51. The second-order valence-corrected chi connectivity index (χ2v) is 2.64. The Morgan fingerprint density at radius 2 is 2.46 bits per heavy atom. The van der Waals surface area contributed by atoms with Gasteiger partial charge in [0.15, 0.2) is 0 Å². The Hall–Kier alpha value is -1.45. The van der Waals surface area contributed by atoms with Crippen LogP contribution in [0.4, 0.5) is 0 Å². The van der Waals surface area contributed by atoms with E-state index >= 15 is 0 Å². The van der Waals surface area contributed by atoms with E-state index in [9.17, 15) is 4.79 Å². The number of ether oxygens (including phenoxy) is 1. The summed E-state index contributed by atoms with van der Waals surface area (Å²) in [5.41, 5.74) is 0.705. The quantitative estimate of drug-likeness (QED) is 0.644. The monoisotopic (exact) mass is 180 g/mol. The summed E-state index contributed by atoms with van der Waals surface area (Å²) in [6.45, 7) is 2.48. The van der Waals surface area contributed by atoms with Crippen LogP contribution in [0.3, 0.4) is 0 Å². The van der Waals surface area contributed by atoms with Gasteiger partial charge in [0.2, 0.25) is 0 Å². The van der Waals surface area contributed by atoms with Crippen LogP contribution in [0.5, 0.6) is 0 Å². The summed E-state index contributed by atoms with van der Waals surface area (Å²) in [7, 11) is 0. The third kappa shape index (κ3) is 2.82. The van der Waals surface area contributed by atoms with Crippen LogP contribution in [0.15, 0.2) is 18.6 Å². The van der Waals surface area contributed by atoms with Crippen LogP contribution < -0.4 is 0 Å². The normalized spacial score (nSPS) is 12.1. The van der Waals surface area contributed by atoms with Gasteiger partial charge in [-0.25, -0.2) is 0 Å². The highest BCUT2D eigenvalue weighted by Gasteiger charge is 2.11. The van der Waals surface area contributed by atoms with Gasteiger partial charge in [-0.2, -0.15) is 0 Å². The highest BCUT2D eigenvalue weighted by Crippen LogP contribution is 2.18. The van der Waals surface area contributed by atoms with Crippen molar-refractivity contribution in [3.05, 3.63) is 24.3 Å². The van der Waals surface area contributed by atoms with Gasteiger partial charge in [0, 0.05) is 12.4 Å². The van der Waals surface area contributed by atoms with E-state index in [1.807, 2.05) is 6.92 Å². The van der Waals surface area contributed by atoms with E-state index in [4.69, 9.17) is 4.74 Å². The van der Waals surface area contributed by atoms with Crippen molar-refractivity contribution in [3.8, 4) is 0 Å². The number of hydrogen-bond acceptors (Lipinski definition) is 4. The van der Waals surface area contributed by atoms with Crippen LogP contribution in [0.2, 0.25) is 0 Å². The fourth-order valence-corrected chi connectivity index (χ4v) is 1.09. The molecule has 1 aromatic heterocycles. The predicted molar refractivity (Wildman–Crippen MR) is 46.8 cm³/mol. The van der Waals surface area contributed by atoms with E-state index in [-0.39, 0.29) is 6.10 Å². The summed E-state index contributed by atoms with van der Waals surface area (Å²) in [6.07, 6.45) is 6.26. The van der Waals surface area contributed by atoms with Crippen molar-refractivity contribution in [2.45, 2.75) is 25.9 Å². The van der Waals surface area contributed by atoms with Crippen molar-refractivity contribution in [3.63, 3.8) is 0 Å². The van der Waals surface area contributed by atoms with Gasteiger partial charge in [-0.15, -0.1) is 0 Å². The van der Waals surface area contributed by atoms with Gasteiger partial charge in [0.1, 0.15) is 6.10 Å². The molecule has 0 spiro atoms. The van der Waals surface area contributed by atoms with Gasteiger partial charge in [-0.05, 0) is 6.42 Å². The molecule has 0 N–H and O–H groups in total. The van der Waals surface area contributed by atoms with Gasteiger partial charge in [0.25, 0.3) is 6.47 Å². The molecule has 0 radical (unpaired) electrons. The zero-order valence-electron chi connectivity index (χ0n) is 7.51. The van der Waals surface area contributed by atoms with Gasteiger partial charge >= 0.3 is 0 Å². The van der Waals surface area contributed by atoms with Crippen molar-refractivity contribution in [1.82, 2.24) is 9.97 Å². The number of aromatic nitrogens is 2. The highest BCUT2D eigenvalue weighted by molar-refractivity contribution is 5.38. The smallest absolute Gasteiger partial charge is 0.293 e. The maximum absolute atomic E-state index is 10.2. The Kier molecular flexibility index (Phi) is 3.88. The number of carbonyl (C=O) groups excluding carboxylic acids is 1. The minimum Gasteiger partial charge on any atom is -0.458 e. The molecule has 0 saturated heterocycles. The molecule has 4 nitrogen and oxygen atoms in total. The first-order valence-electron chi connectivity index (χ1n) is 4.23. The second kappa shape index (κ2) is 5.24. The van der Waals surface area contributed by atoms with Crippen molar-refractivity contribution in [1.29, 1.82) is 0 Å². The average Bonchev–Trinajstić information content (AvgIpc) is 2.19. The molecule has 13 heavy (non-hydrogen) atoms. The SMILES string of the molecule is CCCC(OC=O)c1cnccn1. The molecule has 0 fully saturated rings. The topological polar surface area (TPSA) is 52.1 Å². The Labute approximate surface area is 77.0 Å². The minimum absolute atomic E-state index is 0.254. The van der Waals surface area contributed by atoms with Crippen LogP contribution in [0.25, 0.3) is 0 Å². The molecule has 0 aliphatic heterocycles. The first kappa shape index (κ1) is 9.64. The molecule has 1 atom stereocenters. The van der Waals surface area contributed by atoms with E-state index in [0.29, 0.717) is 12.2 Å². The molecule has 4 heteroatoms. The van der Waals surface area contributed by atoms with Crippen LogP contribution in [-0.2, 0) is 9.53 Å². The molecule has 0 aromatic carbocycles. The lowest BCUT2D eigenvalue weighted by molar-refractivity contribution is -0.134. The zero-order chi connectivity index (χ0) is 9.52. The molecule has 1 unspecified atom stereocenters. The second-order valence-electron chi connectivity index (χ2n) is 2.64. The Morgan fingerprint density at radius 3 is 3.00 bits per heavy atom. The van der Waals surface area contributed by atoms with Crippen molar-refractivity contribution < 1.29 is 9.53 Å². The van der Waals surface area contributed by atoms with Gasteiger partial charge in [0.05, 0.1) is 11.9 Å². The number of nitrogens with zero attached hydrogens (tertiary/aromatic N) is 2. The summed E-state index contributed by atoms with van der Waals surface area (Å²) in [4.78, 5) is 18.2. The van der Waals surface area contributed by atoms with Crippen LogP contribution in [0, 0.1) is 0 Å². The maximum atomic E-state index is 10.2. The van der Waals surface area contributed by atoms with Crippen molar-refractivity contribution in [2.75, 3.05) is 0 Å². The van der Waals surface area contributed by atoms with Crippen LogP contribution in [0.1, 0.15) is 31.6 Å². The molecular formula is C9H12N2O2. The lowest BCUT2D eigenvalue weighted by Crippen LogP contribution is -2.05. The Morgan fingerprint density at radius 1 is 1.62 bits per heavy atom. The summed E-state index contributed by atoms with van der Waals surface area (Å²) in [6, 6.07) is 0. The molecule has 1 heterocycles. The highest BCUT2D eigenvalue weighted by atomic mass is 16.5. The standard InChI is InChI=1S/C9H12N2O2/c1-2-3-9(13-7-12)8-6-10-4-5-11-8/h4-7,9H,2-3H2,1H3. The van der Waals surface area contributed by atoms with E-state index in [1.165, 1.54) is 0 Å². The van der Waals surface area contributed by atoms with Crippen LogP contribution >= 0.6 is 0 Å². The number of rotatable bonds is 5. The van der Waals surface area contributed by atoms with Crippen molar-refractivity contribution in [2.24, 2.45) is 0 Å². The molecule has 0 amide bonds. The van der Waals surface area contributed by atoms with Gasteiger partial charge in [-0.3, -0.25) is 14.8 Å². The van der Waals surface area contributed by atoms with E-state index in [2.05, 4.69) is 9.97 Å². The third-order valence-corrected chi connectivity index (χ3v) is 1.68. The fourth-order valence-electron chi connectivity index (χ4n) is 1.09. The lowest BCUT2D eigenvalue weighted by Gasteiger charge is -2.12. The minimum atomic E-state index is -0.254. The number of carbonyl (C=O) groups is 1. The predicted octanol–water partition coefficient (Wildman–Crippen LogP) is 1.49. The third-order valence-electron chi connectivity index (χ3n) is 1.68. The molecular weight excluding hydrogens is 168 g/mol. The summed E-state index contributed by atoms with van der Waals surface area (Å²) < 4.78 is 4.89. The molecule has 0 aliphatic rings. The fraction of sp³-hybridized carbons (Fsp3) is 0.444. The van der Waals surface area contributed by atoms with Crippen LogP contribution in [-0.4, -0.2) is 16.4 Å². The summed E-state index contributed by atoms with van der Waals surface area (Å²) in [5.74, 6) is 0. The molecule has 1 aromatic rings. The molecule has 70 valence electrons. The van der Waals surface area contributed by atoms with Crippen molar-refractivity contribution >= 4 is 6.47 Å². The Balaban J connectivity index is 2.69. The largest absolute Gasteiger partial charge is 0.458 e. The van der Waals surface area contributed by atoms with Gasteiger partial charge < -0.3 is 4.74 Å². The molecule has 1 rings (SSSR count). The summed E-state index contributed by atoms with van der Waals surface area (Å²) >= 11 is 0. The van der Waals surface area contributed by atoms with E-state index in [1.54, 1.807) is 18.6 Å².